The number of ether oxygens (including phenoxy) is 1. The van der Waals surface area contributed by atoms with E-state index in [2.05, 4.69) is 37.6 Å². The van der Waals surface area contributed by atoms with Gasteiger partial charge in [-0.25, -0.2) is 9.97 Å². The molecule has 8 heteroatoms. The van der Waals surface area contributed by atoms with Gasteiger partial charge in [-0.05, 0) is 11.6 Å². The van der Waals surface area contributed by atoms with Gasteiger partial charge in [0.15, 0.2) is 5.82 Å². The molecule has 152 valence electrons. The maximum atomic E-state index is 5.75. The molecule has 3 aromatic heterocycles. The van der Waals surface area contributed by atoms with E-state index >= 15 is 0 Å². The molecule has 1 saturated heterocycles. The first-order valence-electron chi connectivity index (χ1n) is 10.0. The molecule has 1 fully saturated rings. The SMILES string of the molecule is Cn1cc(-c2cccc(-c3ncc(-c4cnn(CC5CNCCO5)c4)cn3)c2)cn1. The van der Waals surface area contributed by atoms with Crippen molar-refractivity contribution in [1.29, 1.82) is 0 Å². The fourth-order valence-corrected chi connectivity index (χ4v) is 3.59. The smallest absolute Gasteiger partial charge is 0.159 e. The van der Waals surface area contributed by atoms with Crippen molar-refractivity contribution < 1.29 is 4.74 Å². The van der Waals surface area contributed by atoms with Crippen molar-refractivity contribution in [2.24, 2.45) is 7.05 Å². The molecule has 8 nitrogen and oxygen atoms in total. The minimum Gasteiger partial charge on any atom is -0.374 e. The predicted molar refractivity (Wildman–Crippen MR) is 114 cm³/mol. The summed E-state index contributed by atoms with van der Waals surface area (Å²) in [6.07, 6.45) is 11.6. The van der Waals surface area contributed by atoms with E-state index in [-0.39, 0.29) is 6.10 Å². The highest BCUT2D eigenvalue weighted by atomic mass is 16.5. The molecule has 0 aliphatic carbocycles. The zero-order chi connectivity index (χ0) is 20.3. The third kappa shape index (κ3) is 4.00. The summed E-state index contributed by atoms with van der Waals surface area (Å²) in [6.45, 7) is 3.24. The molecule has 1 atom stereocenters. The Morgan fingerprint density at radius 3 is 2.53 bits per heavy atom. The number of hydrogen-bond donors (Lipinski definition) is 1. The van der Waals surface area contributed by atoms with Crippen LogP contribution >= 0.6 is 0 Å². The first-order valence-corrected chi connectivity index (χ1v) is 10.0. The van der Waals surface area contributed by atoms with Gasteiger partial charge in [-0.3, -0.25) is 9.36 Å². The zero-order valence-electron chi connectivity index (χ0n) is 16.8. The third-order valence-electron chi connectivity index (χ3n) is 5.17. The van der Waals surface area contributed by atoms with Crippen molar-refractivity contribution >= 4 is 0 Å². The quantitative estimate of drug-likeness (QED) is 0.553. The van der Waals surface area contributed by atoms with Gasteiger partial charge in [0, 0.05) is 67.2 Å². The molecule has 30 heavy (non-hydrogen) atoms. The summed E-state index contributed by atoms with van der Waals surface area (Å²) in [5.41, 5.74) is 5.07. The van der Waals surface area contributed by atoms with Crippen LogP contribution in [0.15, 0.2) is 61.4 Å². The normalized spacial score (nSPS) is 16.6. The van der Waals surface area contributed by atoms with E-state index in [0.717, 1.165) is 54.1 Å². The fraction of sp³-hybridized carbons (Fsp3) is 0.273. The topological polar surface area (TPSA) is 82.7 Å². The summed E-state index contributed by atoms with van der Waals surface area (Å²) in [4.78, 5) is 9.17. The second kappa shape index (κ2) is 8.17. The van der Waals surface area contributed by atoms with E-state index in [1.165, 1.54) is 0 Å². The average molecular weight is 401 g/mol. The Morgan fingerprint density at radius 1 is 0.967 bits per heavy atom. The standard InChI is InChI=1S/C22H23N7O/c1-28-13-19(10-26-28)16-3-2-4-17(7-16)22-24-8-18(9-25-22)20-11-27-29(14-20)15-21-12-23-5-6-30-21/h2-4,7-11,13-14,21,23H,5-6,12,15H2,1H3. The van der Waals surface area contributed by atoms with Gasteiger partial charge in [0.25, 0.3) is 0 Å². The predicted octanol–water partition coefficient (Wildman–Crippen LogP) is 2.40. The van der Waals surface area contributed by atoms with E-state index in [1.807, 2.05) is 61.0 Å². The van der Waals surface area contributed by atoms with Crippen molar-refractivity contribution in [3.05, 3.63) is 61.4 Å². The molecule has 1 aliphatic rings. The molecule has 0 radical (unpaired) electrons. The number of aromatic nitrogens is 6. The van der Waals surface area contributed by atoms with Crippen LogP contribution in [0.25, 0.3) is 33.6 Å². The van der Waals surface area contributed by atoms with Gasteiger partial charge >= 0.3 is 0 Å². The van der Waals surface area contributed by atoms with Crippen molar-refractivity contribution in [3.63, 3.8) is 0 Å². The molecule has 4 aromatic rings. The summed E-state index contributed by atoms with van der Waals surface area (Å²) < 4.78 is 9.46. The second-order valence-electron chi connectivity index (χ2n) is 7.43. The lowest BCUT2D eigenvalue weighted by Crippen LogP contribution is -2.40. The highest BCUT2D eigenvalue weighted by molar-refractivity contribution is 5.70. The van der Waals surface area contributed by atoms with Gasteiger partial charge in [0.05, 0.1) is 31.6 Å². The van der Waals surface area contributed by atoms with Crippen LogP contribution < -0.4 is 5.32 Å². The van der Waals surface area contributed by atoms with E-state index in [4.69, 9.17) is 4.74 Å². The Bertz CT molecular complexity index is 1130. The summed E-state index contributed by atoms with van der Waals surface area (Å²) in [7, 11) is 1.91. The molecule has 0 bridgehead atoms. The molecule has 4 heterocycles. The summed E-state index contributed by atoms with van der Waals surface area (Å²) in [5, 5.41) is 12.0. The van der Waals surface area contributed by atoms with E-state index in [0.29, 0.717) is 5.82 Å². The monoisotopic (exact) mass is 401 g/mol. The Hall–Kier alpha value is -3.36. The first-order chi connectivity index (χ1) is 14.7. The largest absolute Gasteiger partial charge is 0.374 e. The van der Waals surface area contributed by atoms with Gasteiger partial charge in [-0.2, -0.15) is 10.2 Å². The Labute approximate surface area is 174 Å². The lowest BCUT2D eigenvalue weighted by Gasteiger charge is -2.23. The lowest BCUT2D eigenvalue weighted by atomic mass is 10.1. The number of aryl methyl sites for hydroxylation is 1. The Kier molecular flexibility index (Phi) is 5.08. The Balaban J connectivity index is 1.32. The van der Waals surface area contributed by atoms with Gasteiger partial charge < -0.3 is 10.1 Å². The number of hydrogen-bond acceptors (Lipinski definition) is 6. The van der Waals surface area contributed by atoms with Crippen LogP contribution in [0, 0.1) is 0 Å². The van der Waals surface area contributed by atoms with Crippen LogP contribution in [0.5, 0.6) is 0 Å². The molecular weight excluding hydrogens is 378 g/mol. The fourth-order valence-electron chi connectivity index (χ4n) is 3.59. The van der Waals surface area contributed by atoms with E-state index in [1.54, 1.807) is 4.68 Å². The highest BCUT2D eigenvalue weighted by Gasteiger charge is 2.15. The number of rotatable bonds is 5. The van der Waals surface area contributed by atoms with Gasteiger partial charge in [0.1, 0.15) is 0 Å². The number of nitrogens with one attached hydrogen (secondary N) is 1. The van der Waals surface area contributed by atoms with Crippen LogP contribution in [-0.4, -0.2) is 55.3 Å². The second-order valence-corrected chi connectivity index (χ2v) is 7.43. The van der Waals surface area contributed by atoms with Gasteiger partial charge in [-0.15, -0.1) is 0 Å². The van der Waals surface area contributed by atoms with Gasteiger partial charge in [0.2, 0.25) is 0 Å². The van der Waals surface area contributed by atoms with Crippen LogP contribution in [0.1, 0.15) is 0 Å². The van der Waals surface area contributed by atoms with E-state index in [9.17, 15) is 0 Å². The van der Waals surface area contributed by atoms with Crippen LogP contribution in [0.4, 0.5) is 0 Å². The highest BCUT2D eigenvalue weighted by Crippen LogP contribution is 2.25. The van der Waals surface area contributed by atoms with Crippen LogP contribution in [0.3, 0.4) is 0 Å². The lowest BCUT2D eigenvalue weighted by molar-refractivity contribution is 0.0161. The minimum atomic E-state index is 0.150. The summed E-state index contributed by atoms with van der Waals surface area (Å²) in [6, 6.07) is 8.18. The molecule has 0 saturated carbocycles. The molecule has 5 rings (SSSR count). The molecule has 1 unspecified atom stereocenters. The first kappa shape index (κ1) is 18.7. The van der Waals surface area contributed by atoms with Crippen molar-refractivity contribution in [2.45, 2.75) is 12.6 Å². The van der Waals surface area contributed by atoms with Crippen LogP contribution in [-0.2, 0) is 18.3 Å². The number of nitrogens with zero attached hydrogens (tertiary/aromatic N) is 6. The van der Waals surface area contributed by atoms with Crippen LogP contribution in [0.2, 0.25) is 0 Å². The summed E-state index contributed by atoms with van der Waals surface area (Å²) >= 11 is 0. The molecule has 1 aromatic carbocycles. The maximum absolute atomic E-state index is 5.75. The maximum Gasteiger partial charge on any atom is 0.159 e. The van der Waals surface area contributed by atoms with E-state index < -0.39 is 0 Å². The Morgan fingerprint density at radius 2 is 1.77 bits per heavy atom. The van der Waals surface area contributed by atoms with Gasteiger partial charge in [-0.1, -0.05) is 18.2 Å². The minimum absolute atomic E-state index is 0.150. The molecule has 0 spiro atoms. The van der Waals surface area contributed by atoms with Crippen molar-refractivity contribution in [1.82, 2.24) is 34.8 Å². The molecular formula is C22H23N7O. The molecule has 1 N–H and O–H groups in total. The number of benzene rings is 1. The average Bonchev–Trinajstić information content (AvgIpc) is 3.44. The zero-order valence-corrected chi connectivity index (χ0v) is 16.8. The summed E-state index contributed by atoms with van der Waals surface area (Å²) in [5.74, 6) is 0.693. The van der Waals surface area contributed by atoms with Crippen molar-refractivity contribution in [3.8, 4) is 33.6 Å². The third-order valence-corrected chi connectivity index (χ3v) is 5.17. The van der Waals surface area contributed by atoms with Crippen molar-refractivity contribution in [2.75, 3.05) is 19.7 Å². The molecule has 0 amide bonds. The number of morpholine rings is 1. The molecule has 1 aliphatic heterocycles.